The number of cyclic esters (lactones) is 1. The normalized spacial score (nSPS) is 21.0. The van der Waals surface area contributed by atoms with E-state index in [0.717, 1.165) is 0 Å². The standard InChI is InChI=1S/C5H5NO4S/c1-2-3-6-5(7)10-4-11(6,8)9/h1H,3-4H2. The SMILES string of the molecule is C#CCN1C(=O)OCS1(=O)=O. The van der Waals surface area contributed by atoms with Crippen LogP contribution in [0.2, 0.25) is 0 Å². The summed E-state index contributed by atoms with van der Waals surface area (Å²) in [5.41, 5.74) is 0. The molecule has 0 aromatic rings. The summed E-state index contributed by atoms with van der Waals surface area (Å²) in [6.45, 7) is -0.263. The first-order valence-electron chi connectivity index (χ1n) is 2.68. The van der Waals surface area contributed by atoms with Crippen molar-refractivity contribution in [3.63, 3.8) is 0 Å². The maximum Gasteiger partial charge on any atom is 0.425 e. The van der Waals surface area contributed by atoms with Gasteiger partial charge in [-0.1, -0.05) is 5.92 Å². The molecule has 60 valence electrons. The van der Waals surface area contributed by atoms with Gasteiger partial charge in [0, 0.05) is 0 Å². The molecule has 0 bridgehead atoms. The van der Waals surface area contributed by atoms with Gasteiger partial charge in [-0.05, 0) is 0 Å². The summed E-state index contributed by atoms with van der Waals surface area (Å²) < 4.78 is 26.5. The van der Waals surface area contributed by atoms with E-state index >= 15 is 0 Å². The number of amides is 1. The molecule has 0 aliphatic carbocycles. The highest BCUT2D eigenvalue weighted by Gasteiger charge is 2.36. The Morgan fingerprint density at radius 1 is 1.73 bits per heavy atom. The van der Waals surface area contributed by atoms with Gasteiger partial charge < -0.3 is 4.74 Å². The highest BCUT2D eigenvalue weighted by Crippen LogP contribution is 2.11. The van der Waals surface area contributed by atoms with Gasteiger partial charge in [-0.3, -0.25) is 0 Å². The van der Waals surface area contributed by atoms with Crippen LogP contribution < -0.4 is 0 Å². The predicted molar refractivity (Wildman–Crippen MR) is 35.8 cm³/mol. The van der Waals surface area contributed by atoms with Crippen LogP contribution in [0, 0.1) is 12.3 Å². The number of ether oxygens (including phenoxy) is 1. The van der Waals surface area contributed by atoms with E-state index in [1.54, 1.807) is 0 Å². The second-order valence-electron chi connectivity index (χ2n) is 1.85. The second-order valence-corrected chi connectivity index (χ2v) is 3.69. The van der Waals surface area contributed by atoms with E-state index in [-0.39, 0.29) is 6.54 Å². The summed E-state index contributed by atoms with van der Waals surface area (Å²) in [5, 5.41) is 0. The largest absolute Gasteiger partial charge is 0.430 e. The Morgan fingerprint density at radius 3 is 2.73 bits per heavy atom. The lowest BCUT2D eigenvalue weighted by atomic mass is 10.7. The second kappa shape index (κ2) is 2.43. The molecule has 1 heterocycles. The molecule has 0 saturated carbocycles. The first-order valence-corrected chi connectivity index (χ1v) is 4.29. The molecule has 0 aromatic heterocycles. The number of terminal acetylenes is 1. The van der Waals surface area contributed by atoms with Gasteiger partial charge in [-0.2, -0.15) is 4.31 Å². The Labute approximate surface area is 64.0 Å². The molecule has 0 aromatic carbocycles. The molecule has 6 heteroatoms. The summed E-state index contributed by atoms with van der Waals surface area (Å²) >= 11 is 0. The van der Waals surface area contributed by atoms with Gasteiger partial charge in [0.1, 0.15) is 6.54 Å². The number of carbonyl (C=O) groups excluding carboxylic acids is 1. The van der Waals surface area contributed by atoms with Crippen LogP contribution in [-0.2, 0) is 14.8 Å². The molecule has 1 aliphatic heterocycles. The van der Waals surface area contributed by atoms with Crippen LogP contribution in [0.1, 0.15) is 0 Å². The van der Waals surface area contributed by atoms with E-state index in [1.165, 1.54) is 0 Å². The monoisotopic (exact) mass is 175 g/mol. The molecule has 1 amide bonds. The number of hydrogen-bond donors (Lipinski definition) is 0. The average Bonchev–Trinajstić information content (AvgIpc) is 2.16. The molecule has 1 aliphatic rings. The zero-order valence-corrected chi connectivity index (χ0v) is 6.30. The van der Waals surface area contributed by atoms with E-state index < -0.39 is 22.1 Å². The molecular weight excluding hydrogens is 170 g/mol. The van der Waals surface area contributed by atoms with Crippen molar-refractivity contribution in [2.75, 3.05) is 12.5 Å². The predicted octanol–water partition coefficient (Wildman–Crippen LogP) is -0.641. The van der Waals surface area contributed by atoms with Gasteiger partial charge >= 0.3 is 6.09 Å². The molecule has 11 heavy (non-hydrogen) atoms. The topological polar surface area (TPSA) is 63.7 Å². The molecule has 0 radical (unpaired) electrons. The van der Waals surface area contributed by atoms with E-state index in [9.17, 15) is 13.2 Å². The Kier molecular flexibility index (Phi) is 1.74. The van der Waals surface area contributed by atoms with Gasteiger partial charge in [0.05, 0.1) is 0 Å². The van der Waals surface area contributed by atoms with Crippen LogP contribution in [0.4, 0.5) is 4.79 Å². The van der Waals surface area contributed by atoms with Gasteiger partial charge in [0.2, 0.25) is 5.94 Å². The van der Waals surface area contributed by atoms with Gasteiger partial charge in [0.15, 0.2) is 0 Å². The summed E-state index contributed by atoms with van der Waals surface area (Å²) in [7, 11) is -3.58. The molecule has 5 nitrogen and oxygen atoms in total. The maximum atomic E-state index is 10.8. The zero-order chi connectivity index (χ0) is 8.48. The van der Waals surface area contributed by atoms with Crippen molar-refractivity contribution >= 4 is 16.1 Å². The van der Waals surface area contributed by atoms with Crippen molar-refractivity contribution < 1.29 is 17.9 Å². The van der Waals surface area contributed by atoms with Crippen molar-refractivity contribution in [3.05, 3.63) is 0 Å². The Balaban J connectivity index is 2.92. The fraction of sp³-hybridized carbons (Fsp3) is 0.400. The van der Waals surface area contributed by atoms with E-state index in [2.05, 4.69) is 4.74 Å². The lowest BCUT2D eigenvalue weighted by Crippen LogP contribution is -2.29. The summed E-state index contributed by atoms with van der Waals surface area (Å²) in [6, 6.07) is 0. The first-order chi connectivity index (χ1) is 5.08. The molecule has 0 atom stereocenters. The highest BCUT2D eigenvalue weighted by atomic mass is 32.2. The van der Waals surface area contributed by atoms with Crippen molar-refractivity contribution in [3.8, 4) is 12.3 Å². The Hall–Kier alpha value is -1.22. The third-order valence-electron chi connectivity index (χ3n) is 1.11. The van der Waals surface area contributed by atoms with E-state index in [0.29, 0.717) is 4.31 Å². The minimum absolute atomic E-state index is 0.263. The highest BCUT2D eigenvalue weighted by molar-refractivity contribution is 7.89. The average molecular weight is 175 g/mol. The lowest BCUT2D eigenvalue weighted by molar-refractivity contribution is 0.161. The maximum absolute atomic E-state index is 10.8. The van der Waals surface area contributed by atoms with Crippen LogP contribution in [0.3, 0.4) is 0 Å². The number of hydrogen-bond acceptors (Lipinski definition) is 4. The fourth-order valence-corrected chi connectivity index (χ4v) is 1.55. The minimum Gasteiger partial charge on any atom is -0.430 e. The molecule has 1 rings (SSSR count). The Morgan fingerprint density at radius 2 is 2.36 bits per heavy atom. The van der Waals surface area contributed by atoms with Crippen molar-refractivity contribution in [2.24, 2.45) is 0 Å². The number of sulfonamides is 1. The summed E-state index contributed by atoms with van der Waals surface area (Å²) in [4.78, 5) is 10.6. The molecule has 1 saturated heterocycles. The third kappa shape index (κ3) is 1.28. The van der Waals surface area contributed by atoms with Crippen molar-refractivity contribution in [1.29, 1.82) is 0 Å². The molecule has 0 spiro atoms. The number of rotatable bonds is 1. The molecule has 0 unspecified atom stereocenters. The van der Waals surface area contributed by atoms with Gasteiger partial charge in [-0.25, -0.2) is 13.2 Å². The third-order valence-corrected chi connectivity index (χ3v) is 2.47. The van der Waals surface area contributed by atoms with E-state index in [4.69, 9.17) is 6.42 Å². The van der Waals surface area contributed by atoms with Crippen LogP contribution in [0.5, 0.6) is 0 Å². The minimum atomic E-state index is -3.58. The summed E-state index contributed by atoms with van der Waals surface area (Å²) in [6.07, 6.45) is 3.93. The van der Waals surface area contributed by atoms with Crippen LogP contribution in [-0.4, -0.2) is 31.3 Å². The van der Waals surface area contributed by atoms with Crippen LogP contribution in [0.15, 0.2) is 0 Å². The number of carbonyl (C=O) groups is 1. The van der Waals surface area contributed by atoms with Crippen molar-refractivity contribution in [1.82, 2.24) is 4.31 Å². The van der Waals surface area contributed by atoms with Crippen LogP contribution in [0.25, 0.3) is 0 Å². The molecular formula is C5H5NO4S. The number of nitrogens with zero attached hydrogens (tertiary/aromatic N) is 1. The van der Waals surface area contributed by atoms with E-state index in [1.807, 2.05) is 5.92 Å². The first kappa shape index (κ1) is 7.88. The van der Waals surface area contributed by atoms with Gasteiger partial charge in [-0.15, -0.1) is 6.42 Å². The molecule has 0 N–H and O–H groups in total. The zero-order valence-electron chi connectivity index (χ0n) is 5.48. The quantitative estimate of drug-likeness (QED) is 0.497. The molecule has 1 fully saturated rings. The van der Waals surface area contributed by atoms with Crippen molar-refractivity contribution in [2.45, 2.75) is 0 Å². The fourth-order valence-electron chi connectivity index (χ4n) is 0.620. The lowest BCUT2D eigenvalue weighted by Gasteiger charge is -2.05. The van der Waals surface area contributed by atoms with Gasteiger partial charge in [0.25, 0.3) is 10.0 Å². The van der Waals surface area contributed by atoms with Crippen LogP contribution >= 0.6 is 0 Å². The summed E-state index contributed by atoms with van der Waals surface area (Å²) in [5.74, 6) is 1.44. The Bertz CT molecular complexity index is 312. The smallest absolute Gasteiger partial charge is 0.425 e.